The molecule has 0 amide bonds. The van der Waals surface area contributed by atoms with Crippen LogP contribution in [0.2, 0.25) is 0 Å². The Hall–Kier alpha value is -2.28. The fourth-order valence-electron chi connectivity index (χ4n) is 4.80. The second kappa shape index (κ2) is 6.95. The van der Waals surface area contributed by atoms with Crippen molar-refractivity contribution in [3.63, 3.8) is 0 Å². The first-order valence-electron chi connectivity index (χ1n) is 9.48. The minimum absolute atomic E-state index is 0.00475. The highest BCUT2D eigenvalue weighted by molar-refractivity contribution is 5.79. The van der Waals surface area contributed by atoms with Gasteiger partial charge in [0.1, 0.15) is 12.2 Å². The highest BCUT2D eigenvalue weighted by atomic mass is 19.3. The minimum atomic E-state index is -3.64. The number of hydrogen-bond acceptors (Lipinski definition) is 5. The second-order valence-corrected chi connectivity index (χ2v) is 8.10. The summed E-state index contributed by atoms with van der Waals surface area (Å²) in [5.74, 6) is -5.68. The average molecular weight is 391 g/mol. The molecule has 0 aromatic heterocycles. The first kappa shape index (κ1) is 19.1. The van der Waals surface area contributed by atoms with Crippen LogP contribution in [0.15, 0.2) is 30.8 Å². The van der Waals surface area contributed by atoms with Crippen molar-refractivity contribution in [2.45, 2.75) is 37.5 Å². The quantitative estimate of drug-likeness (QED) is 0.669. The van der Waals surface area contributed by atoms with E-state index in [9.17, 15) is 18.4 Å². The van der Waals surface area contributed by atoms with E-state index >= 15 is 0 Å². The average Bonchev–Trinajstić information content (AvgIpc) is 3.27. The summed E-state index contributed by atoms with van der Waals surface area (Å²) in [6.45, 7) is 3.20. The van der Waals surface area contributed by atoms with Crippen molar-refractivity contribution in [1.82, 2.24) is 4.90 Å². The Bertz CT molecular complexity index is 794. The van der Waals surface area contributed by atoms with Crippen LogP contribution in [0.1, 0.15) is 24.0 Å². The Morgan fingerprint density at radius 1 is 1.36 bits per heavy atom. The molecule has 0 spiro atoms. The number of hydrogen-bond donors (Lipinski definition) is 0. The number of nitrogens with zero attached hydrogens (tertiary/aromatic N) is 1. The second-order valence-electron chi connectivity index (χ2n) is 8.10. The highest BCUT2D eigenvalue weighted by Crippen LogP contribution is 2.55. The molecule has 1 aromatic rings. The van der Waals surface area contributed by atoms with Crippen LogP contribution in [0, 0.1) is 17.8 Å². The molecule has 2 aliphatic carbocycles. The van der Waals surface area contributed by atoms with E-state index in [-0.39, 0.29) is 30.3 Å². The summed E-state index contributed by atoms with van der Waals surface area (Å²) in [6, 6.07) is 7.38. The van der Waals surface area contributed by atoms with Gasteiger partial charge >= 0.3 is 17.9 Å². The van der Waals surface area contributed by atoms with Gasteiger partial charge in [-0.1, -0.05) is 36.9 Å². The summed E-state index contributed by atoms with van der Waals surface area (Å²) in [5, 5.41) is 0. The SMILES string of the molecule is C=Cc1ccc(CN(C)CC(F)(F)C(=O)OC2C3CC4C(=O)OC2C4C3)cc1. The number of carbonyl (C=O) groups is 2. The molecule has 2 bridgehead atoms. The lowest BCUT2D eigenvalue weighted by atomic mass is 9.88. The highest BCUT2D eigenvalue weighted by Gasteiger charge is 2.64. The number of fused-ring (bicyclic) bond motifs is 1. The lowest BCUT2D eigenvalue weighted by Gasteiger charge is -2.28. The summed E-state index contributed by atoms with van der Waals surface area (Å²) in [6.07, 6.45) is 1.66. The van der Waals surface area contributed by atoms with Crippen molar-refractivity contribution in [3.05, 3.63) is 42.0 Å². The Labute approximate surface area is 162 Å². The molecule has 0 radical (unpaired) electrons. The van der Waals surface area contributed by atoms with Gasteiger partial charge < -0.3 is 9.47 Å². The Morgan fingerprint density at radius 2 is 2.07 bits per heavy atom. The van der Waals surface area contributed by atoms with Crippen molar-refractivity contribution < 1.29 is 27.8 Å². The fraction of sp³-hybridized carbons (Fsp3) is 0.524. The van der Waals surface area contributed by atoms with Gasteiger partial charge in [0.25, 0.3) is 0 Å². The normalized spacial score (nSPS) is 30.6. The van der Waals surface area contributed by atoms with Crippen molar-refractivity contribution in [1.29, 1.82) is 0 Å². The molecule has 3 aliphatic rings. The third-order valence-electron chi connectivity index (χ3n) is 6.09. The molecule has 5 atom stereocenters. The lowest BCUT2D eigenvalue weighted by molar-refractivity contribution is -0.188. The number of ether oxygens (including phenoxy) is 2. The summed E-state index contributed by atoms with van der Waals surface area (Å²) < 4.78 is 39.4. The molecule has 150 valence electrons. The topological polar surface area (TPSA) is 55.8 Å². The number of alkyl halides is 2. The maximum absolute atomic E-state index is 14.5. The van der Waals surface area contributed by atoms with Crippen molar-refractivity contribution >= 4 is 18.0 Å². The minimum Gasteiger partial charge on any atom is -0.458 e. The predicted octanol–water partition coefficient (Wildman–Crippen LogP) is 2.89. The Balaban J connectivity index is 1.34. The van der Waals surface area contributed by atoms with E-state index in [1.54, 1.807) is 6.08 Å². The molecule has 5 unspecified atom stereocenters. The summed E-state index contributed by atoms with van der Waals surface area (Å²) >= 11 is 0. The van der Waals surface area contributed by atoms with Crippen LogP contribution >= 0.6 is 0 Å². The van der Waals surface area contributed by atoms with E-state index in [1.807, 2.05) is 24.3 Å². The fourth-order valence-corrected chi connectivity index (χ4v) is 4.80. The van der Waals surface area contributed by atoms with Gasteiger partial charge in [0.05, 0.1) is 12.5 Å². The van der Waals surface area contributed by atoms with Crippen molar-refractivity contribution in [2.24, 2.45) is 17.8 Å². The standard InChI is InChI=1S/C21H23F2NO4/c1-3-12-4-6-13(7-5-12)10-24(2)11-21(22,23)20(26)28-17-14-8-15-16(9-14)19(25)27-18(15)17/h3-7,14-18H,1,8-11H2,2H3. The zero-order valence-corrected chi connectivity index (χ0v) is 15.6. The van der Waals surface area contributed by atoms with Gasteiger partial charge in [0.2, 0.25) is 0 Å². The first-order valence-corrected chi connectivity index (χ1v) is 9.48. The molecule has 0 N–H and O–H groups in total. The Morgan fingerprint density at radius 3 is 2.75 bits per heavy atom. The zero-order chi connectivity index (χ0) is 20.1. The largest absolute Gasteiger partial charge is 0.458 e. The van der Waals surface area contributed by atoms with Crippen LogP contribution in [0.25, 0.3) is 6.08 Å². The molecular formula is C21H23F2NO4. The van der Waals surface area contributed by atoms with Crippen molar-refractivity contribution in [2.75, 3.05) is 13.6 Å². The molecule has 1 saturated heterocycles. The van der Waals surface area contributed by atoms with Gasteiger partial charge in [-0.2, -0.15) is 8.78 Å². The van der Waals surface area contributed by atoms with Gasteiger partial charge in [-0.3, -0.25) is 9.69 Å². The Kier molecular flexibility index (Phi) is 4.73. The predicted molar refractivity (Wildman–Crippen MR) is 97.3 cm³/mol. The van der Waals surface area contributed by atoms with Crippen LogP contribution in [0.4, 0.5) is 8.78 Å². The number of rotatable bonds is 7. The monoisotopic (exact) mass is 391 g/mol. The molecule has 1 heterocycles. The third kappa shape index (κ3) is 3.32. The van der Waals surface area contributed by atoms with E-state index in [0.29, 0.717) is 12.8 Å². The number of esters is 2. The molecule has 7 heteroatoms. The molecule has 3 fully saturated rings. The zero-order valence-electron chi connectivity index (χ0n) is 15.6. The maximum atomic E-state index is 14.5. The van der Waals surface area contributed by atoms with E-state index in [2.05, 4.69) is 6.58 Å². The number of halogens is 2. The molecule has 1 aromatic carbocycles. The smallest absolute Gasteiger partial charge is 0.378 e. The van der Waals surface area contributed by atoms with Crippen LogP contribution in [-0.2, 0) is 25.6 Å². The van der Waals surface area contributed by atoms with Crippen LogP contribution in [0.3, 0.4) is 0 Å². The van der Waals surface area contributed by atoms with Gasteiger partial charge in [0, 0.05) is 18.4 Å². The lowest BCUT2D eigenvalue weighted by Crippen LogP contribution is -2.46. The van der Waals surface area contributed by atoms with Gasteiger partial charge in [0.15, 0.2) is 0 Å². The van der Waals surface area contributed by atoms with Crippen LogP contribution in [0.5, 0.6) is 0 Å². The van der Waals surface area contributed by atoms with Crippen molar-refractivity contribution in [3.8, 4) is 0 Å². The van der Waals surface area contributed by atoms with E-state index in [0.717, 1.165) is 11.1 Å². The molecule has 2 saturated carbocycles. The third-order valence-corrected chi connectivity index (χ3v) is 6.09. The molecular weight excluding hydrogens is 368 g/mol. The van der Waals surface area contributed by atoms with Gasteiger partial charge in [-0.05, 0) is 31.0 Å². The molecule has 28 heavy (non-hydrogen) atoms. The number of carbonyl (C=O) groups excluding carboxylic acids is 2. The van der Waals surface area contributed by atoms with Gasteiger partial charge in [-0.25, -0.2) is 4.79 Å². The first-order chi connectivity index (χ1) is 13.3. The number of benzene rings is 1. The van der Waals surface area contributed by atoms with Crippen LogP contribution < -0.4 is 0 Å². The summed E-state index contributed by atoms with van der Waals surface area (Å²) in [4.78, 5) is 25.3. The van der Waals surface area contributed by atoms with Crippen LogP contribution in [-0.4, -0.2) is 48.6 Å². The van der Waals surface area contributed by atoms with E-state index in [1.165, 1.54) is 11.9 Å². The van der Waals surface area contributed by atoms with E-state index < -0.39 is 30.6 Å². The van der Waals surface area contributed by atoms with Gasteiger partial charge in [-0.15, -0.1) is 0 Å². The van der Waals surface area contributed by atoms with E-state index in [4.69, 9.17) is 9.47 Å². The summed E-state index contributed by atoms with van der Waals surface area (Å²) in [5.41, 5.74) is 1.80. The summed E-state index contributed by atoms with van der Waals surface area (Å²) in [7, 11) is 1.53. The molecule has 5 nitrogen and oxygen atoms in total. The molecule has 1 aliphatic heterocycles. The maximum Gasteiger partial charge on any atom is 0.378 e. The molecule has 4 rings (SSSR count).